The summed E-state index contributed by atoms with van der Waals surface area (Å²) in [5.41, 5.74) is 0. The maximum Gasteiger partial charge on any atom is 0.0970 e. The molecule has 0 aliphatic heterocycles. The molecule has 4 heteroatoms. The molecule has 0 aromatic carbocycles. The van der Waals surface area contributed by atoms with E-state index in [-0.39, 0.29) is 12.6 Å². The van der Waals surface area contributed by atoms with Gasteiger partial charge in [-0.1, -0.05) is 0 Å². The van der Waals surface area contributed by atoms with Crippen LogP contribution >= 0.6 is 0 Å². The maximum absolute atomic E-state index is 8.45. The lowest BCUT2D eigenvalue weighted by molar-refractivity contribution is 0.610. The third kappa shape index (κ3) is 4.90. The van der Waals surface area contributed by atoms with Crippen molar-refractivity contribution in [3.05, 3.63) is 0 Å². The highest BCUT2D eigenvalue weighted by Gasteiger charge is 2.03. The Morgan fingerprint density at radius 2 is 1.91 bits per heavy atom. The van der Waals surface area contributed by atoms with Gasteiger partial charge >= 0.3 is 0 Å². The lowest BCUT2D eigenvalue weighted by Crippen LogP contribution is -2.27. The van der Waals surface area contributed by atoms with Gasteiger partial charge in [-0.25, -0.2) is 0 Å². The van der Waals surface area contributed by atoms with Crippen molar-refractivity contribution in [2.45, 2.75) is 18.9 Å². The fraction of sp³-hybridized carbons (Fsp3) is 0.571. The van der Waals surface area contributed by atoms with Crippen LogP contribution < -0.4 is 5.32 Å². The zero-order chi connectivity index (χ0) is 8.53. The Morgan fingerprint density at radius 3 is 2.36 bits per heavy atom. The van der Waals surface area contributed by atoms with Crippen LogP contribution in [0.3, 0.4) is 0 Å². The van der Waals surface area contributed by atoms with Gasteiger partial charge in [-0.2, -0.15) is 15.8 Å². The number of nitrogens with zero attached hydrogens (tertiary/aromatic N) is 3. The van der Waals surface area contributed by atoms with Gasteiger partial charge in [0.25, 0.3) is 0 Å². The average Bonchev–Trinajstić information content (AvgIpc) is 2.05. The largest absolute Gasteiger partial charge is 0.289 e. The van der Waals surface area contributed by atoms with Crippen molar-refractivity contribution in [1.82, 2.24) is 5.32 Å². The predicted octanol–water partition coefficient (Wildman–Crippen LogP) is 0.296. The smallest absolute Gasteiger partial charge is 0.0970 e. The molecule has 0 saturated carbocycles. The van der Waals surface area contributed by atoms with E-state index in [4.69, 9.17) is 15.8 Å². The molecule has 0 amide bonds. The SMILES string of the molecule is N#CCCC(C#N)NCC#N. The highest BCUT2D eigenvalue weighted by molar-refractivity contribution is 4.93. The molecule has 0 heterocycles. The molecule has 0 radical (unpaired) electrons. The molecule has 11 heavy (non-hydrogen) atoms. The average molecular weight is 148 g/mol. The zero-order valence-corrected chi connectivity index (χ0v) is 6.04. The molecule has 0 aromatic rings. The van der Waals surface area contributed by atoms with E-state index in [2.05, 4.69) is 5.32 Å². The fourth-order valence-corrected chi connectivity index (χ4v) is 0.590. The second-order valence-electron chi connectivity index (χ2n) is 1.92. The minimum absolute atomic E-state index is 0.156. The molecule has 0 aliphatic rings. The van der Waals surface area contributed by atoms with Crippen LogP contribution in [0.15, 0.2) is 0 Å². The van der Waals surface area contributed by atoms with Gasteiger partial charge in [-0.3, -0.25) is 5.32 Å². The lowest BCUT2D eigenvalue weighted by atomic mass is 10.2. The van der Waals surface area contributed by atoms with E-state index in [1.54, 1.807) is 0 Å². The molecule has 0 saturated heterocycles. The monoisotopic (exact) mass is 148 g/mol. The molecular formula is C7H8N4. The van der Waals surface area contributed by atoms with Crippen molar-refractivity contribution < 1.29 is 0 Å². The minimum Gasteiger partial charge on any atom is -0.289 e. The Kier molecular flexibility index (Phi) is 5.61. The van der Waals surface area contributed by atoms with Crippen LogP contribution in [0.4, 0.5) is 0 Å². The zero-order valence-electron chi connectivity index (χ0n) is 6.04. The van der Waals surface area contributed by atoms with Crippen LogP contribution in [-0.4, -0.2) is 12.6 Å². The Labute approximate surface area is 65.7 Å². The van der Waals surface area contributed by atoms with Crippen molar-refractivity contribution >= 4 is 0 Å². The van der Waals surface area contributed by atoms with Crippen LogP contribution in [0.1, 0.15) is 12.8 Å². The number of hydrogen-bond donors (Lipinski definition) is 1. The van der Waals surface area contributed by atoms with Crippen LogP contribution in [0, 0.1) is 34.0 Å². The van der Waals surface area contributed by atoms with Crippen molar-refractivity contribution in [3.8, 4) is 18.2 Å². The molecule has 0 aromatic heterocycles. The number of hydrogen-bond acceptors (Lipinski definition) is 4. The first-order valence-corrected chi connectivity index (χ1v) is 3.22. The van der Waals surface area contributed by atoms with Crippen LogP contribution in [0.5, 0.6) is 0 Å². The van der Waals surface area contributed by atoms with E-state index in [0.717, 1.165) is 0 Å². The van der Waals surface area contributed by atoms with Crippen LogP contribution in [0.25, 0.3) is 0 Å². The number of nitriles is 3. The van der Waals surface area contributed by atoms with Crippen LogP contribution in [0.2, 0.25) is 0 Å². The Bertz CT molecular complexity index is 196. The van der Waals surface area contributed by atoms with Gasteiger partial charge in [-0.15, -0.1) is 0 Å². The first kappa shape index (κ1) is 9.43. The molecule has 1 N–H and O–H groups in total. The summed E-state index contributed by atoms with van der Waals surface area (Å²) in [6.07, 6.45) is 0.825. The van der Waals surface area contributed by atoms with Gasteiger partial charge < -0.3 is 0 Å². The lowest BCUT2D eigenvalue weighted by Gasteiger charge is -2.03. The third-order valence-electron chi connectivity index (χ3n) is 1.13. The summed E-state index contributed by atoms with van der Waals surface area (Å²) in [5, 5.41) is 27.5. The molecule has 0 rings (SSSR count). The first-order valence-electron chi connectivity index (χ1n) is 3.22. The normalized spacial score (nSPS) is 10.6. The van der Waals surface area contributed by atoms with Crippen molar-refractivity contribution in [2.75, 3.05) is 6.54 Å². The summed E-state index contributed by atoms with van der Waals surface area (Å²) >= 11 is 0. The van der Waals surface area contributed by atoms with Gasteiger partial charge in [0.15, 0.2) is 0 Å². The summed E-state index contributed by atoms with van der Waals surface area (Å²) in [7, 11) is 0. The van der Waals surface area contributed by atoms with Crippen molar-refractivity contribution in [1.29, 1.82) is 15.8 Å². The molecule has 0 spiro atoms. The summed E-state index contributed by atoms with van der Waals surface area (Å²) in [6, 6.07) is 5.39. The third-order valence-corrected chi connectivity index (χ3v) is 1.13. The molecule has 56 valence electrons. The summed E-state index contributed by atoms with van der Waals surface area (Å²) in [6.45, 7) is 0.156. The number of rotatable bonds is 4. The van der Waals surface area contributed by atoms with Crippen molar-refractivity contribution in [2.24, 2.45) is 0 Å². The summed E-state index contributed by atoms with van der Waals surface area (Å²) in [4.78, 5) is 0. The Morgan fingerprint density at radius 1 is 1.18 bits per heavy atom. The molecule has 0 bridgehead atoms. The van der Waals surface area contributed by atoms with E-state index >= 15 is 0 Å². The van der Waals surface area contributed by atoms with E-state index in [9.17, 15) is 0 Å². The molecule has 0 fully saturated rings. The minimum atomic E-state index is -0.366. The summed E-state index contributed by atoms with van der Waals surface area (Å²) in [5.74, 6) is 0. The first-order chi connectivity index (χ1) is 5.35. The van der Waals surface area contributed by atoms with Gasteiger partial charge in [0.2, 0.25) is 0 Å². The van der Waals surface area contributed by atoms with E-state index in [0.29, 0.717) is 12.8 Å². The topological polar surface area (TPSA) is 83.4 Å². The molecule has 1 atom stereocenters. The van der Waals surface area contributed by atoms with Crippen molar-refractivity contribution in [3.63, 3.8) is 0 Å². The molecule has 0 aliphatic carbocycles. The van der Waals surface area contributed by atoms with E-state index in [1.807, 2.05) is 18.2 Å². The predicted molar refractivity (Wildman–Crippen MR) is 37.9 cm³/mol. The Balaban J connectivity index is 3.55. The van der Waals surface area contributed by atoms with E-state index in [1.165, 1.54) is 0 Å². The second kappa shape index (κ2) is 6.55. The van der Waals surface area contributed by atoms with E-state index < -0.39 is 0 Å². The maximum atomic E-state index is 8.45. The second-order valence-corrected chi connectivity index (χ2v) is 1.92. The van der Waals surface area contributed by atoms with Gasteiger partial charge in [0.1, 0.15) is 0 Å². The van der Waals surface area contributed by atoms with Gasteiger partial charge in [0, 0.05) is 6.42 Å². The molecular weight excluding hydrogens is 140 g/mol. The highest BCUT2D eigenvalue weighted by Crippen LogP contribution is 1.93. The number of nitrogens with one attached hydrogen (secondary N) is 1. The standard InChI is InChI=1S/C7H8N4/c8-3-1-2-7(6-10)11-5-4-9/h7,11H,1-2,5H2. The molecule has 4 nitrogen and oxygen atoms in total. The van der Waals surface area contributed by atoms with Gasteiger partial charge in [-0.05, 0) is 6.42 Å². The van der Waals surface area contributed by atoms with Crippen LogP contribution in [-0.2, 0) is 0 Å². The van der Waals surface area contributed by atoms with Gasteiger partial charge in [0.05, 0.1) is 30.8 Å². The fourth-order valence-electron chi connectivity index (χ4n) is 0.590. The Hall–Kier alpha value is -1.57. The molecule has 1 unspecified atom stereocenters. The summed E-state index contributed by atoms with van der Waals surface area (Å²) < 4.78 is 0. The quantitative estimate of drug-likeness (QED) is 0.581. The highest BCUT2D eigenvalue weighted by atomic mass is 14.9.